The number of hydrogen-bond acceptors (Lipinski definition) is 6. The molecule has 0 unspecified atom stereocenters. The number of carbonyl (C=O) groups excluding carboxylic acids is 2. The fourth-order valence-corrected chi connectivity index (χ4v) is 5.39. The lowest BCUT2D eigenvalue weighted by Gasteiger charge is -2.21. The normalized spacial score (nSPS) is 12.4. The molecule has 0 aliphatic rings. The first-order valence-electron chi connectivity index (χ1n) is 13.0. The van der Waals surface area contributed by atoms with E-state index in [1.165, 1.54) is 10.5 Å². The van der Waals surface area contributed by atoms with Crippen molar-refractivity contribution < 1.29 is 22.4 Å². The van der Waals surface area contributed by atoms with E-state index in [1.807, 2.05) is 68.4 Å². The zero-order valence-corrected chi connectivity index (χ0v) is 23.9. The number of rotatable bonds is 10. The SMILES string of the molecule is Cc1ccc(CN(Cc2ccc(/C=N/NC(=O)C(=O)N[C@H](C)c3ccccc3)o2)S(=O)(=O)c2ccc(C)cc2)cc1. The van der Waals surface area contributed by atoms with Crippen LogP contribution < -0.4 is 10.7 Å². The highest BCUT2D eigenvalue weighted by Crippen LogP contribution is 2.23. The summed E-state index contributed by atoms with van der Waals surface area (Å²) >= 11 is 0. The van der Waals surface area contributed by atoms with Crippen molar-refractivity contribution in [3.05, 3.63) is 125 Å². The molecule has 1 atom stereocenters. The largest absolute Gasteiger partial charge is 0.459 e. The van der Waals surface area contributed by atoms with Crippen molar-refractivity contribution in [1.29, 1.82) is 0 Å². The summed E-state index contributed by atoms with van der Waals surface area (Å²) in [6.07, 6.45) is 1.24. The van der Waals surface area contributed by atoms with Crippen molar-refractivity contribution >= 4 is 28.1 Å². The van der Waals surface area contributed by atoms with E-state index in [9.17, 15) is 18.0 Å². The smallest absolute Gasteiger partial charge is 0.329 e. The van der Waals surface area contributed by atoms with Gasteiger partial charge in [-0.15, -0.1) is 0 Å². The lowest BCUT2D eigenvalue weighted by molar-refractivity contribution is -0.139. The van der Waals surface area contributed by atoms with Crippen LogP contribution in [0.3, 0.4) is 0 Å². The maximum Gasteiger partial charge on any atom is 0.329 e. The van der Waals surface area contributed by atoms with Gasteiger partial charge in [0, 0.05) is 6.54 Å². The first-order valence-corrected chi connectivity index (χ1v) is 14.5. The Morgan fingerprint density at radius 3 is 2.15 bits per heavy atom. The molecule has 2 amide bonds. The Balaban J connectivity index is 1.42. The van der Waals surface area contributed by atoms with Crippen molar-refractivity contribution in [2.24, 2.45) is 5.10 Å². The number of nitrogens with one attached hydrogen (secondary N) is 2. The van der Waals surface area contributed by atoms with E-state index in [0.717, 1.165) is 22.3 Å². The van der Waals surface area contributed by atoms with Gasteiger partial charge >= 0.3 is 11.8 Å². The quantitative estimate of drug-likeness (QED) is 0.163. The van der Waals surface area contributed by atoms with Crippen molar-refractivity contribution in [3.63, 3.8) is 0 Å². The second-order valence-electron chi connectivity index (χ2n) is 9.68. The molecule has 3 aromatic carbocycles. The Labute approximate surface area is 239 Å². The standard InChI is InChI=1S/C31H32N4O5S/c1-22-9-13-25(14-10-22)20-35(41(38,39)29-17-11-23(2)12-18-29)21-28-16-15-27(40-28)19-32-34-31(37)30(36)33-24(3)26-7-5-4-6-8-26/h4-19,24H,20-21H2,1-3H3,(H,33,36)(H,34,37)/b32-19+/t24-/m1/s1. The molecule has 4 aromatic rings. The van der Waals surface area contributed by atoms with Crippen molar-refractivity contribution in [1.82, 2.24) is 15.0 Å². The van der Waals surface area contributed by atoms with Gasteiger partial charge in [-0.1, -0.05) is 77.9 Å². The molecule has 4 rings (SSSR count). The first-order chi connectivity index (χ1) is 19.6. The van der Waals surface area contributed by atoms with Gasteiger partial charge in [-0.2, -0.15) is 9.41 Å². The van der Waals surface area contributed by atoms with E-state index in [0.29, 0.717) is 5.76 Å². The Morgan fingerprint density at radius 2 is 1.49 bits per heavy atom. The highest BCUT2D eigenvalue weighted by Gasteiger charge is 2.26. The Hall–Kier alpha value is -4.54. The first kappa shape index (κ1) is 29.4. The molecule has 0 radical (unpaired) electrons. The third-order valence-corrected chi connectivity index (χ3v) is 8.17. The topological polar surface area (TPSA) is 121 Å². The van der Waals surface area contributed by atoms with Gasteiger partial charge < -0.3 is 9.73 Å². The number of amides is 2. The second-order valence-corrected chi connectivity index (χ2v) is 11.6. The lowest BCUT2D eigenvalue weighted by atomic mass is 10.1. The van der Waals surface area contributed by atoms with E-state index in [-0.39, 0.29) is 29.8 Å². The maximum atomic E-state index is 13.6. The van der Waals surface area contributed by atoms with Gasteiger partial charge in [0.25, 0.3) is 0 Å². The predicted octanol–water partition coefficient (Wildman–Crippen LogP) is 4.62. The summed E-state index contributed by atoms with van der Waals surface area (Å²) in [7, 11) is -3.84. The average Bonchev–Trinajstić information content (AvgIpc) is 3.41. The Kier molecular flexibility index (Phi) is 9.49. The third-order valence-electron chi connectivity index (χ3n) is 6.36. The monoisotopic (exact) mass is 572 g/mol. The molecule has 0 spiro atoms. The van der Waals surface area contributed by atoms with Gasteiger partial charge in [-0.25, -0.2) is 13.8 Å². The highest BCUT2D eigenvalue weighted by molar-refractivity contribution is 7.89. The van der Waals surface area contributed by atoms with Crippen LogP contribution in [0.1, 0.15) is 46.7 Å². The number of benzene rings is 3. The molecule has 0 saturated carbocycles. The van der Waals surface area contributed by atoms with E-state index in [4.69, 9.17) is 4.42 Å². The number of nitrogens with zero attached hydrogens (tertiary/aromatic N) is 2. The molecule has 212 valence electrons. The Morgan fingerprint density at radius 1 is 0.854 bits per heavy atom. The van der Waals surface area contributed by atoms with Crippen LogP contribution in [0.2, 0.25) is 0 Å². The lowest BCUT2D eigenvalue weighted by Crippen LogP contribution is -2.39. The van der Waals surface area contributed by atoms with Crippen molar-refractivity contribution in [2.75, 3.05) is 0 Å². The van der Waals surface area contributed by atoms with Crippen molar-refractivity contribution in [3.8, 4) is 0 Å². The van der Waals surface area contributed by atoms with Crippen LogP contribution in [-0.4, -0.2) is 30.8 Å². The summed E-state index contributed by atoms with van der Waals surface area (Å²) in [6.45, 7) is 5.76. The molecule has 0 aliphatic carbocycles. The zero-order valence-electron chi connectivity index (χ0n) is 23.1. The van der Waals surface area contributed by atoms with Gasteiger partial charge in [0.05, 0.1) is 23.7 Å². The van der Waals surface area contributed by atoms with Crippen LogP contribution in [0.5, 0.6) is 0 Å². The molecular weight excluding hydrogens is 540 g/mol. The minimum atomic E-state index is -3.84. The minimum absolute atomic E-state index is 0.0237. The number of furan rings is 1. The maximum absolute atomic E-state index is 13.6. The van der Waals surface area contributed by atoms with Crippen LogP contribution in [-0.2, 0) is 32.7 Å². The third kappa shape index (κ3) is 8.00. The fraction of sp³-hybridized carbons (Fsp3) is 0.194. The molecule has 1 heterocycles. The van der Waals surface area contributed by atoms with Crippen LogP contribution in [0.4, 0.5) is 0 Å². The second kappa shape index (κ2) is 13.2. The summed E-state index contributed by atoms with van der Waals surface area (Å²) in [5.74, 6) is -1.09. The van der Waals surface area contributed by atoms with E-state index >= 15 is 0 Å². The molecule has 9 nitrogen and oxygen atoms in total. The molecule has 0 aliphatic heterocycles. The minimum Gasteiger partial charge on any atom is -0.459 e. The highest BCUT2D eigenvalue weighted by atomic mass is 32.2. The van der Waals surface area contributed by atoms with Crippen LogP contribution in [0.25, 0.3) is 0 Å². The molecular formula is C31H32N4O5S. The number of sulfonamides is 1. The van der Waals surface area contributed by atoms with Gasteiger partial charge in [0.1, 0.15) is 11.5 Å². The van der Waals surface area contributed by atoms with E-state index in [2.05, 4.69) is 15.8 Å². The molecule has 1 aromatic heterocycles. The molecule has 10 heteroatoms. The average molecular weight is 573 g/mol. The predicted molar refractivity (Wildman–Crippen MR) is 156 cm³/mol. The van der Waals surface area contributed by atoms with E-state index in [1.54, 1.807) is 43.3 Å². The molecule has 0 fully saturated rings. The molecule has 0 saturated heterocycles. The molecule has 0 bridgehead atoms. The number of hydrazone groups is 1. The molecule has 2 N–H and O–H groups in total. The summed E-state index contributed by atoms with van der Waals surface area (Å²) in [6, 6.07) is 26.5. The fourth-order valence-electron chi connectivity index (χ4n) is 4.00. The van der Waals surface area contributed by atoms with Crippen LogP contribution in [0.15, 0.2) is 105 Å². The van der Waals surface area contributed by atoms with Gasteiger partial charge in [0.15, 0.2) is 0 Å². The van der Waals surface area contributed by atoms with Crippen LogP contribution >= 0.6 is 0 Å². The number of carbonyl (C=O) groups is 2. The summed E-state index contributed by atoms with van der Waals surface area (Å²) in [5.41, 5.74) is 5.91. The summed E-state index contributed by atoms with van der Waals surface area (Å²) < 4.78 is 34.3. The Bertz CT molecular complexity index is 1610. The van der Waals surface area contributed by atoms with Crippen molar-refractivity contribution in [2.45, 2.75) is 44.8 Å². The number of aryl methyl sites for hydroxylation is 2. The van der Waals surface area contributed by atoms with E-state index < -0.39 is 21.8 Å². The van der Waals surface area contributed by atoms with Gasteiger partial charge in [-0.3, -0.25) is 9.59 Å². The van der Waals surface area contributed by atoms with Gasteiger partial charge in [0.2, 0.25) is 10.0 Å². The summed E-state index contributed by atoms with van der Waals surface area (Å²) in [4.78, 5) is 24.6. The van der Waals surface area contributed by atoms with Crippen LogP contribution in [0, 0.1) is 13.8 Å². The zero-order chi connectivity index (χ0) is 29.4. The summed E-state index contributed by atoms with van der Waals surface area (Å²) in [5, 5.41) is 6.42. The van der Waals surface area contributed by atoms with Gasteiger partial charge in [-0.05, 0) is 56.2 Å². The number of hydrogen-bond donors (Lipinski definition) is 2. The molecule has 41 heavy (non-hydrogen) atoms.